The molecule has 1 aromatic carbocycles. The summed E-state index contributed by atoms with van der Waals surface area (Å²) in [5, 5.41) is 3.74. The van der Waals surface area contributed by atoms with E-state index in [-0.39, 0.29) is 0 Å². The molecule has 1 N–H and O–H groups in total. The van der Waals surface area contributed by atoms with E-state index < -0.39 is 0 Å². The average Bonchev–Trinajstić information content (AvgIpc) is 2.57. The van der Waals surface area contributed by atoms with E-state index in [1.807, 2.05) is 18.5 Å². The molecule has 1 atom stereocenters. The monoisotopic (exact) mass is 282 g/mol. The van der Waals surface area contributed by atoms with Gasteiger partial charge in [0.1, 0.15) is 0 Å². The molecule has 0 radical (unpaired) electrons. The van der Waals surface area contributed by atoms with Crippen molar-refractivity contribution >= 4 is 5.95 Å². The van der Waals surface area contributed by atoms with Gasteiger partial charge >= 0.3 is 0 Å². The van der Waals surface area contributed by atoms with Gasteiger partial charge in [0.15, 0.2) is 0 Å². The van der Waals surface area contributed by atoms with Gasteiger partial charge < -0.3 is 10.2 Å². The van der Waals surface area contributed by atoms with Crippen molar-refractivity contribution in [3.63, 3.8) is 0 Å². The minimum Gasteiger partial charge on any atom is -0.341 e. The number of piperidine rings is 1. The van der Waals surface area contributed by atoms with E-state index in [0.29, 0.717) is 12.1 Å². The average molecular weight is 282 g/mol. The third-order valence-electron chi connectivity index (χ3n) is 4.12. The van der Waals surface area contributed by atoms with Gasteiger partial charge in [0, 0.05) is 37.6 Å². The lowest BCUT2D eigenvalue weighted by atomic mass is 10.0. The van der Waals surface area contributed by atoms with Crippen molar-refractivity contribution in [2.45, 2.75) is 31.8 Å². The fourth-order valence-corrected chi connectivity index (χ4v) is 2.89. The van der Waals surface area contributed by atoms with Crippen LogP contribution in [0.4, 0.5) is 5.95 Å². The molecule has 3 rings (SSSR count). The van der Waals surface area contributed by atoms with Crippen molar-refractivity contribution in [1.29, 1.82) is 0 Å². The van der Waals surface area contributed by atoms with E-state index in [0.717, 1.165) is 31.9 Å². The predicted molar refractivity (Wildman–Crippen MR) is 85.3 cm³/mol. The van der Waals surface area contributed by atoms with E-state index in [2.05, 4.69) is 57.4 Å². The highest BCUT2D eigenvalue weighted by Gasteiger charge is 2.22. The lowest BCUT2D eigenvalue weighted by Gasteiger charge is -2.34. The first-order valence-corrected chi connectivity index (χ1v) is 7.66. The Kier molecular flexibility index (Phi) is 4.46. The van der Waals surface area contributed by atoms with Crippen LogP contribution in [0.1, 0.15) is 31.4 Å². The quantitative estimate of drug-likeness (QED) is 0.936. The molecular formula is C17H22N4. The minimum absolute atomic E-state index is 0.399. The molecule has 1 unspecified atom stereocenters. The Labute approximate surface area is 126 Å². The molecule has 2 heterocycles. The SMILES string of the molecule is CC(NC1CCN(c2ncccn2)CC1)c1ccccc1. The Balaban J connectivity index is 1.52. The molecule has 2 aromatic rings. The van der Waals surface area contributed by atoms with Gasteiger partial charge in [-0.1, -0.05) is 30.3 Å². The van der Waals surface area contributed by atoms with Crippen LogP contribution in [0, 0.1) is 0 Å². The largest absolute Gasteiger partial charge is 0.341 e. The smallest absolute Gasteiger partial charge is 0.225 e. The summed E-state index contributed by atoms with van der Waals surface area (Å²) in [6.45, 7) is 4.27. The van der Waals surface area contributed by atoms with Crippen LogP contribution in [0.25, 0.3) is 0 Å². The second kappa shape index (κ2) is 6.68. The van der Waals surface area contributed by atoms with Crippen molar-refractivity contribution in [2.24, 2.45) is 0 Å². The van der Waals surface area contributed by atoms with E-state index in [9.17, 15) is 0 Å². The third-order valence-corrected chi connectivity index (χ3v) is 4.12. The van der Waals surface area contributed by atoms with Crippen molar-refractivity contribution in [2.75, 3.05) is 18.0 Å². The Bertz CT molecular complexity index is 535. The fourth-order valence-electron chi connectivity index (χ4n) is 2.89. The standard InChI is InChI=1S/C17H22N4/c1-14(15-6-3-2-4-7-15)20-16-8-12-21(13-9-16)17-18-10-5-11-19-17/h2-7,10-11,14,16,20H,8-9,12-13H2,1H3. The van der Waals surface area contributed by atoms with E-state index in [1.165, 1.54) is 5.56 Å². The zero-order chi connectivity index (χ0) is 14.5. The van der Waals surface area contributed by atoms with E-state index >= 15 is 0 Å². The Morgan fingerprint density at radius 1 is 1.05 bits per heavy atom. The lowest BCUT2D eigenvalue weighted by molar-refractivity contribution is 0.379. The summed E-state index contributed by atoms with van der Waals surface area (Å²) in [5.41, 5.74) is 1.35. The van der Waals surface area contributed by atoms with Crippen LogP contribution < -0.4 is 10.2 Å². The van der Waals surface area contributed by atoms with Crippen molar-refractivity contribution < 1.29 is 0 Å². The first-order valence-electron chi connectivity index (χ1n) is 7.66. The maximum absolute atomic E-state index is 4.33. The molecule has 4 nitrogen and oxygen atoms in total. The molecular weight excluding hydrogens is 260 g/mol. The second-order valence-electron chi connectivity index (χ2n) is 5.61. The molecule has 0 aliphatic carbocycles. The van der Waals surface area contributed by atoms with Gasteiger partial charge in [-0.05, 0) is 31.4 Å². The zero-order valence-corrected chi connectivity index (χ0v) is 12.4. The van der Waals surface area contributed by atoms with E-state index in [4.69, 9.17) is 0 Å². The van der Waals surface area contributed by atoms with E-state index in [1.54, 1.807) is 0 Å². The van der Waals surface area contributed by atoms with Gasteiger partial charge in [-0.3, -0.25) is 0 Å². The molecule has 0 bridgehead atoms. The molecule has 1 fully saturated rings. The zero-order valence-electron chi connectivity index (χ0n) is 12.4. The van der Waals surface area contributed by atoms with Crippen LogP contribution in [0.2, 0.25) is 0 Å². The van der Waals surface area contributed by atoms with Crippen molar-refractivity contribution in [3.05, 3.63) is 54.4 Å². The Hall–Kier alpha value is -1.94. The van der Waals surface area contributed by atoms with Crippen LogP contribution >= 0.6 is 0 Å². The lowest BCUT2D eigenvalue weighted by Crippen LogP contribution is -2.43. The van der Waals surface area contributed by atoms with Gasteiger partial charge in [-0.15, -0.1) is 0 Å². The molecule has 21 heavy (non-hydrogen) atoms. The number of nitrogens with zero attached hydrogens (tertiary/aromatic N) is 3. The van der Waals surface area contributed by atoms with Crippen LogP contribution in [0.3, 0.4) is 0 Å². The molecule has 0 saturated carbocycles. The summed E-state index contributed by atoms with van der Waals surface area (Å²) in [4.78, 5) is 10.9. The van der Waals surface area contributed by atoms with Crippen molar-refractivity contribution in [1.82, 2.24) is 15.3 Å². The summed E-state index contributed by atoms with van der Waals surface area (Å²) in [6.07, 6.45) is 5.89. The number of anilines is 1. The number of hydrogen-bond donors (Lipinski definition) is 1. The summed E-state index contributed by atoms with van der Waals surface area (Å²) in [5.74, 6) is 0.854. The topological polar surface area (TPSA) is 41.0 Å². The van der Waals surface area contributed by atoms with Gasteiger partial charge in [0.05, 0.1) is 0 Å². The first-order chi connectivity index (χ1) is 10.3. The third kappa shape index (κ3) is 3.58. The molecule has 1 aliphatic rings. The Morgan fingerprint density at radius 2 is 1.71 bits per heavy atom. The van der Waals surface area contributed by atoms with Crippen LogP contribution in [0.5, 0.6) is 0 Å². The fraction of sp³-hybridized carbons (Fsp3) is 0.412. The summed E-state index contributed by atoms with van der Waals surface area (Å²) in [7, 11) is 0. The second-order valence-corrected chi connectivity index (χ2v) is 5.61. The van der Waals surface area contributed by atoms with Gasteiger partial charge in [0.2, 0.25) is 5.95 Å². The predicted octanol–water partition coefficient (Wildman–Crippen LogP) is 2.80. The summed E-state index contributed by atoms with van der Waals surface area (Å²) >= 11 is 0. The molecule has 0 spiro atoms. The number of rotatable bonds is 4. The number of aromatic nitrogens is 2. The number of benzene rings is 1. The molecule has 1 aromatic heterocycles. The maximum atomic E-state index is 4.33. The molecule has 0 amide bonds. The number of hydrogen-bond acceptors (Lipinski definition) is 4. The van der Waals surface area contributed by atoms with Gasteiger partial charge in [-0.2, -0.15) is 0 Å². The molecule has 110 valence electrons. The maximum Gasteiger partial charge on any atom is 0.225 e. The highest BCUT2D eigenvalue weighted by atomic mass is 15.3. The highest BCUT2D eigenvalue weighted by Crippen LogP contribution is 2.19. The molecule has 4 heteroatoms. The Morgan fingerprint density at radius 3 is 2.38 bits per heavy atom. The van der Waals surface area contributed by atoms with Crippen molar-refractivity contribution in [3.8, 4) is 0 Å². The highest BCUT2D eigenvalue weighted by molar-refractivity contribution is 5.29. The first kappa shape index (κ1) is 14.0. The van der Waals surface area contributed by atoms with Gasteiger partial charge in [0.25, 0.3) is 0 Å². The summed E-state index contributed by atoms with van der Waals surface area (Å²) in [6, 6.07) is 13.5. The molecule has 1 saturated heterocycles. The van der Waals surface area contributed by atoms with Gasteiger partial charge in [-0.25, -0.2) is 9.97 Å². The number of nitrogens with one attached hydrogen (secondary N) is 1. The van der Waals surface area contributed by atoms with Crippen LogP contribution in [-0.4, -0.2) is 29.1 Å². The van der Waals surface area contributed by atoms with Crippen LogP contribution in [0.15, 0.2) is 48.8 Å². The molecule has 1 aliphatic heterocycles. The van der Waals surface area contributed by atoms with Crippen LogP contribution in [-0.2, 0) is 0 Å². The minimum atomic E-state index is 0.399. The summed E-state index contributed by atoms with van der Waals surface area (Å²) < 4.78 is 0. The normalized spacial score (nSPS) is 17.7.